The molecule has 45 heavy (non-hydrogen) atoms. The lowest BCUT2D eigenvalue weighted by atomic mass is 9.90. The molecule has 240 valence electrons. The average molecular weight is 619 g/mol. The number of pyridine rings is 2. The minimum Gasteiger partial charge on any atom is -0.379 e. The van der Waals surface area contributed by atoms with Gasteiger partial charge in [-0.05, 0) is 51.9 Å². The largest absolute Gasteiger partial charge is 0.379 e. The molecule has 1 saturated heterocycles. The first kappa shape index (κ1) is 30.8. The van der Waals surface area contributed by atoms with Crippen LogP contribution in [-0.2, 0) is 18.3 Å². The van der Waals surface area contributed by atoms with E-state index in [-0.39, 0.29) is 35.5 Å². The van der Waals surface area contributed by atoms with Gasteiger partial charge >= 0.3 is 0 Å². The van der Waals surface area contributed by atoms with E-state index < -0.39 is 0 Å². The van der Waals surface area contributed by atoms with E-state index in [1.807, 2.05) is 0 Å². The summed E-state index contributed by atoms with van der Waals surface area (Å²) in [5.74, 6) is -0.499. The van der Waals surface area contributed by atoms with Crippen LogP contribution in [0.5, 0.6) is 0 Å². The van der Waals surface area contributed by atoms with Crippen LogP contribution < -0.4 is 21.8 Å². The third kappa shape index (κ3) is 6.46. The Balaban J connectivity index is 1.24. The smallest absolute Gasteiger partial charge is 0.275 e. The van der Waals surface area contributed by atoms with E-state index in [1.165, 1.54) is 9.13 Å². The quantitative estimate of drug-likeness (QED) is 0.220. The van der Waals surface area contributed by atoms with Gasteiger partial charge in [0.05, 0.1) is 30.9 Å². The Kier molecular flexibility index (Phi) is 8.92. The fraction of sp³-hybridized carbons (Fsp3) is 0.500. The van der Waals surface area contributed by atoms with E-state index in [4.69, 9.17) is 4.74 Å². The van der Waals surface area contributed by atoms with Crippen molar-refractivity contribution in [1.82, 2.24) is 39.5 Å². The predicted octanol–water partition coefficient (Wildman–Crippen LogP) is 1.22. The van der Waals surface area contributed by atoms with Crippen molar-refractivity contribution in [2.45, 2.75) is 44.3 Å². The number of carbonyl (C=O) groups excluding carboxylic acids is 2. The zero-order valence-electron chi connectivity index (χ0n) is 26.1. The Bertz CT molecular complexity index is 1820. The number of hydrogen-bond acceptors (Lipinski definition) is 7. The van der Waals surface area contributed by atoms with Gasteiger partial charge in [-0.15, -0.1) is 0 Å². The zero-order valence-corrected chi connectivity index (χ0v) is 26.1. The molecule has 0 radical (unpaired) electrons. The van der Waals surface area contributed by atoms with Crippen molar-refractivity contribution in [1.29, 1.82) is 0 Å². The summed E-state index contributed by atoms with van der Waals surface area (Å²) in [7, 11) is 5.79. The number of nitrogens with one attached hydrogen (secondary N) is 4. The van der Waals surface area contributed by atoms with Crippen LogP contribution in [-0.4, -0.2) is 106 Å². The van der Waals surface area contributed by atoms with Crippen molar-refractivity contribution in [3.05, 3.63) is 68.3 Å². The molecule has 1 aliphatic carbocycles. The highest BCUT2D eigenvalue weighted by Crippen LogP contribution is 2.24. The molecule has 6 rings (SSSR count). The van der Waals surface area contributed by atoms with Crippen LogP contribution in [0.15, 0.2) is 40.3 Å². The van der Waals surface area contributed by atoms with E-state index in [2.05, 4.69) is 44.5 Å². The average Bonchev–Trinajstić information content (AvgIpc) is 3.69. The second kappa shape index (κ2) is 13.0. The molecule has 5 heterocycles. The highest BCUT2D eigenvalue weighted by molar-refractivity contribution is 6.07. The summed E-state index contributed by atoms with van der Waals surface area (Å²) in [5.41, 5.74) is 1.41. The first-order valence-corrected chi connectivity index (χ1v) is 15.7. The van der Waals surface area contributed by atoms with Crippen molar-refractivity contribution >= 4 is 33.6 Å². The Labute approximate surface area is 260 Å². The van der Waals surface area contributed by atoms with Gasteiger partial charge in [0.2, 0.25) is 0 Å². The number of aryl methyl sites for hydroxylation is 1. The van der Waals surface area contributed by atoms with E-state index in [0.717, 1.165) is 38.8 Å². The van der Waals surface area contributed by atoms with Gasteiger partial charge < -0.3 is 39.4 Å². The maximum atomic E-state index is 13.5. The number of aromatic amines is 2. The van der Waals surface area contributed by atoms with Crippen molar-refractivity contribution in [3.8, 4) is 0 Å². The van der Waals surface area contributed by atoms with Gasteiger partial charge in [0.25, 0.3) is 22.9 Å². The van der Waals surface area contributed by atoms with Crippen LogP contribution in [0.4, 0.5) is 0 Å². The first-order chi connectivity index (χ1) is 21.7. The van der Waals surface area contributed by atoms with Gasteiger partial charge in [-0.3, -0.25) is 24.1 Å². The molecule has 2 aliphatic rings. The minimum atomic E-state index is -0.294. The molecule has 13 heteroatoms. The molecule has 4 N–H and O–H groups in total. The molecule has 0 spiro atoms. The lowest BCUT2D eigenvalue weighted by molar-refractivity contribution is 0.0383. The van der Waals surface area contributed by atoms with Crippen LogP contribution in [0.25, 0.3) is 21.8 Å². The highest BCUT2D eigenvalue weighted by Gasteiger charge is 2.25. The molecule has 0 aromatic carbocycles. The van der Waals surface area contributed by atoms with Gasteiger partial charge in [0, 0.05) is 80.4 Å². The number of hydrogen-bond donors (Lipinski definition) is 4. The normalized spacial score (nSPS) is 19.4. The molecule has 13 nitrogen and oxygen atoms in total. The van der Waals surface area contributed by atoms with E-state index in [1.54, 1.807) is 37.8 Å². The number of ether oxygens (including phenoxy) is 1. The standard InChI is InChI=1S/C32H42N8O5/c1-37(2)22-6-4-20(5-7-22)36-30(42)25-18-38(3)31(43)28-24(25)16-21(35-28)17-40-19-26(23-8-9-33-27(23)32(40)44)29(41)34-10-11-39-12-14-45-15-13-39/h8-9,16,18-20,22,33,35H,4-7,10-15,17H2,1-3H3,(H,34,41)(H,36,42). The molecule has 4 aromatic rings. The summed E-state index contributed by atoms with van der Waals surface area (Å²) in [6.07, 6.45) is 8.60. The predicted molar refractivity (Wildman–Crippen MR) is 172 cm³/mol. The van der Waals surface area contributed by atoms with Crippen LogP contribution in [0.2, 0.25) is 0 Å². The minimum absolute atomic E-state index is 0.0731. The molecule has 4 aromatic heterocycles. The van der Waals surface area contributed by atoms with Gasteiger partial charge in [0.1, 0.15) is 11.0 Å². The number of aromatic nitrogens is 4. The molecule has 2 fully saturated rings. The summed E-state index contributed by atoms with van der Waals surface area (Å²) in [6, 6.07) is 4.07. The van der Waals surface area contributed by atoms with Gasteiger partial charge in [0.15, 0.2) is 0 Å². The second-order valence-corrected chi connectivity index (χ2v) is 12.4. The molecule has 1 saturated carbocycles. The Morgan fingerprint density at radius 2 is 1.71 bits per heavy atom. The van der Waals surface area contributed by atoms with Gasteiger partial charge in [-0.2, -0.15) is 0 Å². The summed E-state index contributed by atoms with van der Waals surface area (Å²) in [5, 5.41) is 7.21. The first-order valence-electron chi connectivity index (χ1n) is 15.7. The summed E-state index contributed by atoms with van der Waals surface area (Å²) in [4.78, 5) is 63.9. The van der Waals surface area contributed by atoms with Gasteiger partial charge in [-0.25, -0.2) is 0 Å². The molecule has 2 amide bonds. The van der Waals surface area contributed by atoms with Crippen molar-refractivity contribution in [2.75, 3.05) is 53.5 Å². The lowest BCUT2D eigenvalue weighted by Gasteiger charge is -2.33. The fourth-order valence-electron chi connectivity index (χ4n) is 6.58. The maximum absolute atomic E-state index is 13.5. The van der Waals surface area contributed by atoms with Crippen LogP contribution in [0.3, 0.4) is 0 Å². The van der Waals surface area contributed by atoms with Crippen molar-refractivity contribution in [3.63, 3.8) is 0 Å². The van der Waals surface area contributed by atoms with Crippen LogP contribution >= 0.6 is 0 Å². The molecule has 0 bridgehead atoms. The SMILES string of the molecule is CN(C)C1CCC(NC(=O)c2cn(C)c(=O)c3[nH]c(Cn4cc(C(=O)NCCN5CCOCC5)c5cc[nH]c5c4=O)cc23)CC1. The number of H-pyrrole nitrogens is 2. The van der Waals surface area contributed by atoms with E-state index in [9.17, 15) is 19.2 Å². The summed E-state index contributed by atoms with van der Waals surface area (Å²) in [6.45, 7) is 4.30. The number of rotatable bonds is 9. The fourth-order valence-corrected chi connectivity index (χ4v) is 6.58. The molecule has 1 aliphatic heterocycles. The van der Waals surface area contributed by atoms with E-state index >= 15 is 0 Å². The number of carbonyl (C=O) groups is 2. The Hall–Kier alpha value is -4.20. The Morgan fingerprint density at radius 3 is 2.44 bits per heavy atom. The third-order valence-electron chi connectivity index (χ3n) is 9.23. The lowest BCUT2D eigenvalue weighted by Crippen LogP contribution is -2.42. The van der Waals surface area contributed by atoms with Crippen molar-refractivity contribution in [2.24, 2.45) is 7.05 Å². The number of morpholine rings is 1. The van der Waals surface area contributed by atoms with Crippen LogP contribution in [0.1, 0.15) is 52.1 Å². The number of nitrogens with zero attached hydrogens (tertiary/aromatic N) is 4. The summed E-state index contributed by atoms with van der Waals surface area (Å²) < 4.78 is 8.24. The highest BCUT2D eigenvalue weighted by atomic mass is 16.5. The number of fused-ring (bicyclic) bond motifs is 2. The molecular weight excluding hydrogens is 576 g/mol. The van der Waals surface area contributed by atoms with Crippen molar-refractivity contribution < 1.29 is 14.3 Å². The van der Waals surface area contributed by atoms with Crippen LogP contribution in [0, 0.1) is 0 Å². The summed E-state index contributed by atoms with van der Waals surface area (Å²) >= 11 is 0. The third-order valence-corrected chi connectivity index (χ3v) is 9.23. The zero-order chi connectivity index (χ0) is 31.7. The monoisotopic (exact) mass is 618 g/mol. The molecule has 0 atom stereocenters. The second-order valence-electron chi connectivity index (χ2n) is 12.4. The topological polar surface area (TPSA) is 149 Å². The molecule has 0 unspecified atom stereocenters. The molecular formula is C32H42N8O5. The number of amides is 2. The maximum Gasteiger partial charge on any atom is 0.275 e. The van der Waals surface area contributed by atoms with Gasteiger partial charge in [-0.1, -0.05) is 0 Å². The van der Waals surface area contributed by atoms with E-state index in [0.29, 0.717) is 71.0 Å². The Morgan fingerprint density at radius 1 is 0.978 bits per heavy atom.